The number of hydrogen-bond donors (Lipinski definition) is 4. The van der Waals surface area contributed by atoms with Crippen LogP contribution in [0.5, 0.6) is 5.75 Å². The van der Waals surface area contributed by atoms with Crippen molar-refractivity contribution in [3.63, 3.8) is 0 Å². The van der Waals surface area contributed by atoms with Crippen LogP contribution < -0.4 is 36.1 Å². The fraction of sp³-hybridized carbons (Fsp3) is 0.180. The topological polar surface area (TPSA) is 218 Å². The standard InChI is InChI=1S/C61H56N8O9/c1-40(2)36-68(50-27-22-43(23-28-50)57(72)64-35-56(70)71)60(75)46-24-29-53(55(33-46)77-39-49-38-67(66-65-49)31-11-30-62-58(73)52-32-45-15-7-9-19-54(45)78-61(52)76)69(37-47-17-10-16-42-14-6-8-18-51(42)47)59(74)44-20-25-48(26-21-44)63-34-41-12-4-3-5-13-41/h3-10,12-29,32-33,38,40,63H,11,30-31,34-37,39H2,1-2H3,(H,62,73)(H,64,72)(H,70,71). The molecule has 0 spiro atoms. The van der Waals surface area contributed by atoms with Crippen molar-refractivity contribution in [3.05, 3.63) is 226 Å². The molecule has 0 aliphatic carbocycles. The highest BCUT2D eigenvalue weighted by atomic mass is 16.5. The molecule has 0 saturated carbocycles. The lowest BCUT2D eigenvalue weighted by atomic mass is 10.0. The van der Waals surface area contributed by atoms with Crippen LogP contribution in [0.2, 0.25) is 0 Å². The number of benzene rings is 7. The first-order chi connectivity index (χ1) is 37.9. The molecule has 17 nitrogen and oxygen atoms in total. The first-order valence-electron chi connectivity index (χ1n) is 25.4. The molecule has 0 atom stereocenters. The van der Waals surface area contributed by atoms with Gasteiger partial charge in [-0.15, -0.1) is 5.10 Å². The number of rotatable bonds is 22. The van der Waals surface area contributed by atoms with Gasteiger partial charge in [0.1, 0.15) is 35.7 Å². The predicted molar refractivity (Wildman–Crippen MR) is 298 cm³/mol. The van der Waals surface area contributed by atoms with E-state index in [2.05, 4.69) is 26.3 Å². The van der Waals surface area contributed by atoms with Crippen LogP contribution >= 0.6 is 0 Å². The smallest absolute Gasteiger partial charge is 0.349 e. The summed E-state index contributed by atoms with van der Waals surface area (Å²) < 4.78 is 13.6. The molecule has 4 amide bonds. The number of anilines is 3. The molecule has 78 heavy (non-hydrogen) atoms. The van der Waals surface area contributed by atoms with E-state index in [1.807, 2.05) is 98.8 Å². The summed E-state index contributed by atoms with van der Waals surface area (Å²) in [6.07, 6.45) is 2.16. The molecule has 0 radical (unpaired) electrons. The summed E-state index contributed by atoms with van der Waals surface area (Å²) >= 11 is 0. The van der Waals surface area contributed by atoms with Crippen LogP contribution in [0, 0.1) is 5.92 Å². The predicted octanol–water partition coefficient (Wildman–Crippen LogP) is 9.51. The van der Waals surface area contributed by atoms with Crippen molar-refractivity contribution in [1.29, 1.82) is 0 Å². The Morgan fingerprint density at radius 1 is 0.705 bits per heavy atom. The quantitative estimate of drug-likeness (QED) is 0.0369. The molecule has 0 aliphatic heterocycles. The number of aryl methyl sites for hydroxylation is 1. The summed E-state index contributed by atoms with van der Waals surface area (Å²) in [5.41, 5.74) is 4.58. The Morgan fingerprint density at radius 3 is 2.17 bits per heavy atom. The molecule has 0 aliphatic rings. The second-order valence-electron chi connectivity index (χ2n) is 18.9. The monoisotopic (exact) mass is 1040 g/mol. The molecule has 17 heteroatoms. The Kier molecular flexibility index (Phi) is 16.7. The highest BCUT2D eigenvalue weighted by molar-refractivity contribution is 6.10. The van der Waals surface area contributed by atoms with Gasteiger partial charge in [-0.2, -0.15) is 0 Å². The Hall–Kier alpha value is -9.90. The minimum Gasteiger partial charge on any atom is -0.485 e. The van der Waals surface area contributed by atoms with E-state index in [4.69, 9.17) is 14.3 Å². The zero-order chi connectivity index (χ0) is 54.5. The van der Waals surface area contributed by atoms with Gasteiger partial charge in [-0.1, -0.05) is 110 Å². The van der Waals surface area contributed by atoms with Crippen molar-refractivity contribution >= 4 is 68.4 Å². The van der Waals surface area contributed by atoms with Gasteiger partial charge in [-0.25, -0.2) is 4.79 Å². The number of aliphatic carboxylic acids is 1. The number of carbonyl (C=O) groups excluding carboxylic acids is 4. The number of para-hydroxylation sites is 1. The number of hydrogen-bond acceptors (Lipinski definition) is 11. The van der Waals surface area contributed by atoms with Crippen molar-refractivity contribution in [1.82, 2.24) is 25.6 Å². The largest absolute Gasteiger partial charge is 0.485 e. The minimum atomic E-state index is -1.18. The van der Waals surface area contributed by atoms with Crippen LogP contribution in [-0.4, -0.2) is 69.3 Å². The molecule has 0 fully saturated rings. The average molecular weight is 1050 g/mol. The van der Waals surface area contributed by atoms with Gasteiger partial charge < -0.3 is 40.0 Å². The molecule has 9 aromatic rings. The van der Waals surface area contributed by atoms with Crippen LogP contribution in [0.15, 0.2) is 185 Å². The van der Waals surface area contributed by atoms with Crippen LogP contribution in [0.4, 0.5) is 17.1 Å². The lowest BCUT2D eigenvalue weighted by Gasteiger charge is -2.28. The molecule has 4 N–H and O–H groups in total. The van der Waals surface area contributed by atoms with E-state index in [0.717, 1.165) is 27.6 Å². The van der Waals surface area contributed by atoms with Crippen molar-refractivity contribution in [3.8, 4) is 5.75 Å². The number of ether oxygens (including phenoxy) is 1. The Labute approximate surface area is 449 Å². The molecule has 2 heterocycles. The summed E-state index contributed by atoms with van der Waals surface area (Å²) in [5, 5.41) is 28.9. The molecule has 9 rings (SSSR count). The summed E-state index contributed by atoms with van der Waals surface area (Å²) in [7, 11) is 0. The molecule has 0 unspecified atom stereocenters. The summed E-state index contributed by atoms with van der Waals surface area (Å²) in [6, 6.07) is 50.9. The van der Waals surface area contributed by atoms with E-state index in [-0.39, 0.29) is 59.9 Å². The molecule has 0 saturated heterocycles. The van der Waals surface area contributed by atoms with Gasteiger partial charge in [-0.05, 0) is 113 Å². The van der Waals surface area contributed by atoms with E-state index in [1.165, 1.54) is 18.2 Å². The van der Waals surface area contributed by atoms with Crippen LogP contribution in [0.25, 0.3) is 21.7 Å². The average Bonchev–Trinajstić information content (AvgIpc) is 3.92. The lowest BCUT2D eigenvalue weighted by molar-refractivity contribution is -0.135. The van der Waals surface area contributed by atoms with Gasteiger partial charge in [0.25, 0.3) is 23.6 Å². The Bertz CT molecular complexity index is 3670. The van der Waals surface area contributed by atoms with E-state index in [0.29, 0.717) is 59.7 Å². The third-order valence-electron chi connectivity index (χ3n) is 12.8. The maximum atomic E-state index is 15.2. The van der Waals surface area contributed by atoms with Crippen molar-refractivity contribution in [2.75, 3.05) is 34.8 Å². The van der Waals surface area contributed by atoms with Gasteiger partial charge in [0.15, 0.2) is 0 Å². The minimum absolute atomic E-state index is 0.0151. The zero-order valence-corrected chi connectivity index (χ0v) is 42.9. The van der Waals surface area contributed by atoms with E-state index < -0.39 is 30.0 Å². The van der Waals surface area contributed by atoms with Crippen LogP contribution in [-0.2, 0) is 31.0 Å². The van der Waals surface area contributed by atoms with Gasteiger partial charge in [-0.3, -0.25) is 28.7 Å². The van der Waals surface area contributed by atoms with Crippen molar-refractivity contribution in [2.24, 2.45) is 5.92 Å². The first-order valence-corrected chi connectivity index (χ1v) is 25.4. The molecule has 0 bridgehead atoms. The lowest BCUT2D eigenvalue weighted by Crippen LogP contribution is -2.35. The van der Waals surface area contributed by atoms with E-state index in [1.54, 1.807) is 87.4 Å². The number of nitrogens with zero attached hydrogens (tertiary/aromatic N) is 5. The third-order valence-corrected chi connectivity index (χ3v) is 12.8. The van der Waals surface area contributed by atoms with Gasteiger partial charge in [0, 0.05) is 59.6 Å². The first kappa shape index (κ1) is 52.9. The molecule has 7 aromatic carbocycles. The number of carboxylic acid groups (broad SMARTS) is 1. The Balaban J connectivity index is 1.01. The molecule has 2 aromatic heterocycles. The van der Waals surface area contributed by atoms with Crippen LogP contribution in [0.1, 0.15) is 78.5 Å². The normalized spacial score (nSPS) is 11.1. The SMILES string of the molecule is CC(C)CN(C(=O)c1ccc(N(Cc2cccc3ccccc23)C(=O)c2ccc(NCc3ccccc3)cc2)c(OCc2cn(CCCNC(=O)c3cc4ccccc4oc3=O)nn2)c1)c1ccc(C(=O)NCC(=O)O)cc1. The van der Waals surface area contributed by atoms with Gasteiger partial charge in [0.2, 0.25) is 0 Å². The highest BCUT2D eigenvalue weighted by Gasteiger charge is 2.27. The number of amides is 4. The fourth-order valence-corrected chi connectivity index (χ4v) is 8.84. The summed E-state index contributed by atoms with van der Waals surface area (Å²) in [4.78, 5) is 82.6. The third kappa shape index (κ3) is 13.1. The second kappa shape index (κ2) is 24.6. The second-order valence-corrected chi connectivity index (χ2v) is 18.9. The molecule has 394 valence electrons. The summed E-state index contributed by atoms with van der Waals surface area (Å²) in [5.74, 6) is -2.78. The molecular formula is C61H56N8O9. The fourth-order valence-electron chi connectivity index (χ4n) is 8.84. The highest BCUT2D eigenvalue weighted by Crippen LogP contribution is 2.35. The number of carboxylic acids is 1. The maximum Gasteiger partial charge on any atom is 0.349 e. The van der Waals surface area contributed by atoms with Crippen molar-refractivity contribution in [2.45, 2.75) is 46.5 Å². The molecular weight excluding hydrogens is 989 g/mol. The van der Waals surface area contributed by atoms with Crippen LogP contribution in [0.3, 0.4) is 0 Å². The number of aromatic nitrogens is 3. The van der Waals surface area contributed by atoms with Gasteiger partial charge in [0.05, 0.1) is 18.4 Å². The number of fused-ring (bicyclic) bond motifs is 2. The van der Waals surface area contributed by atoms with E-state index in [9.17, 15) is 24.0 Å². The maximum absolute atomic E-state index is 15.2. The Morgan fingerprint density at radius 2 is 1.40 bits per heavy atom. The zero-order valence-electron chi connectivity index (χ0n) is 42.9. The number of carbonyl (C=O) groups is 5. The van der Waals surface area contributed by atoms with Gasteiger partial charge >= 0.3 is 11.6 Å². The van der Waals surface area contributed by atoms with Crippen molar-refractivity contribution < 1.29 is 38.2 Å². The van der Waals surface area contributed by atoms with E-state index >= 15 is 4.79 Å². The summed E-state index contributed by atoms with van der Waals surface area (Å²) in [6.45, 7) is 4.91. The number of nitrogens with one attached hydrogen (secondary N) is 3.